The first kappa shape index (κ1) is 106. The molecule has 17 unspecified atom stereocenters. The zero-order chi connectivity index (χ0) is 82.4. The van der Waals surface area contributed by atoms with Gasteiger partial charge < -0.3 is 89.9 Å². The molecule has 19 heteroatoms. The third-order valence-electron chi connectivity index (χ3n) is 24.2. The zero-order valence-electron chi connectivity index (χ0n) is 72.8. The Balaban J connectivity index is 1.28. The van der Waals surface area contributed by atoms with E-state index < -0.39 is 124 Å². The molecule has 672 valence electrons. The summed E-state index contributed by atoms with van der Waals surface area (Å²) in [5, 5.41) is 122. The molecule has 3 fully saturated rings. The molecule has 0 spiro atoms. The van der Waals surface area contributed by atoms with E-state index in [4.69, 9.17) is 28.4 Å². The van der Waals surface area contributed by atoms with Gasteiger partial charge in [0.15, 0.2) is 18.9 Å². The van der Waals surface area contributed by atoms with Crippen molar-refractivity contribution in [1.82, 2.24) is 5.32 Å². The average molecular weight is 1620 g/mol. The van der Waals surface area contributed by atoms with Crippen molar-refractivity contribution in [2.45, 2.75) is 535 Å². The van der Waals surface area contributed by atoms with Gasteiger partial charge in [-0.15, -0.1) is 0 Å². The summed E-state index contributed by atoms with van der Waals surface area (Å²) >= 11 is 0. The van der Waals surface area contributed by atoms with Crippen molar-refractivity contribution in [3.05, 3.63) is 36.5 Å². The number of unbranched alkanes of at least 4 members (excludes halogenated alkanes) is 58. The van der Waals surface area contributed by atoms with Crippen LogP contribution in [0.3, 0.4) is 0 Å². The number of hydrogen-bond acceptors (Lipinski definition) is 18. The minimum absolute atomic E-state index is 0.233. The SMILES string of the molecule is CCCCCCC/C=C\C/C=C\C/C=C\CCCCCCCCCCCCCCCCCCCCCCCCCCC(=O)NC(COC1OC(CO)C(OC2OC(CO)C(OC3OC(CO)C(O)C(O)C3O)C(O)C2O)C(O)C1O)C(O)CCCCCCCCCCCCCCCCCCCCCCCCCCCCCCCC. The van der Waals surface area contributed by atoms with Gasteiger partial charge in [0.1, 0.15) is 73.2 Å². The molecule has 3 rings (SSSR count). The fourth-order valence-corrected chi connectivity index (χ4v) is 16.6. The molecule has 0 bridgehead atoms. The Morgan fingerprint density at radius 1 is 0.316 bits per heavy atom. The van der Waals surface area contributed by atoms with Crippen LogP contribution in [0.5, 0.6) is 0 Å². The maximum atomic E-state index is 13.6. The highest BCUT2D eigenvalue weighted by Crippen LogP contribution is 2.34. The number of carbonyl (C=O) groups excluding carboxylic acids is 1. The van der Waals surface area contributed by atoms with Crippen LogP contribution in [0.4, 0.5) is 0 Å². The third-order valence-corrected chi connectivity index (χ3v) is 24.2. The van der Waals surface area contributed by atoms with Crippen LogP contribution in [-0.2, 0) is 33.2 Å². The second-order valence-corrected chi connectivity index (χ2v) is 34.5. The Morgan fingerprint density at radius 3 is 0.904 bits per heavy atom. The third kappa shape index (κ3) is 52.4. The van der Waals surface area contributed by atoms with Gasteiger partial charge >= 0.3 is 0 Å². The summed E-state index contributed by atoms with van der Waals surface area (Å²) in [5.41, 5.74) is 0. The number of hydrogen-bond donors (Lipinski definition) is 12. The molecule has 0 radical (unpaired) electrons. The molecule has 3 aliphatic rings. The molecule has 3 aliphatic heterocycles. The van der Waals surface area contributed by atoms with Gasteiger partial charge in [0, 0.05) is 6.42 Å². The zero-order valence-corrected chi connectivity index (χ0v) is 72.8. The number of aliphatic hydroxyl groups is 11. The van der Waals surface area contributed by atoms with Crippen LogP contribution in [0.1, 0.15) is 431 Å². The number of rotatable bonds is 80. The molecular weight excluding hydrogens is 1440 g/mol. The fourth-order valence-electron chi connectivity index (χ4n) is 16.6. The number of aliphatic hydroxyl groups excluding tert-OH is 11. The second-order valence-electron chi connectivity index (χ2n) is 34.5. The summed E-state index contributed by atoms with van der Waals surface area (Å²) in [7, 11) is 0. The van der Waals surface area contributed by atoms with Crippen LogP contribution in [0, 0.1) is 0 Å². The van der Waals surface area contributed by atoms with Crippen molar-refractivity contribution in [3.63, 3.8) is 0 Å². The summed E-state index contributed by atoms with van der Waals surface area (Å²) in [4.78, 5) is 13.6. The molecule has 3 heterocycles. The van der Waals surface area contributed by atoms with Gasteiger partial charge in [-0.05, 0) is 51.4 Å². The van der Waals surface area contributed by atoms with Gasteiger partial charge in [-0.1, -0.05) is 410 Å². The van der Waals surface area contributed by atoms with E-state index in [9.17, 15) is 61.0 Å². The number of ether oxygens (including phenoxy) is 6. The molecule has 0 aliphatic carbocycles. The molecule has 17 atom stereocenters. The van der Waals surface area contributed by atoms with Crippen LogP contribution in [0.15, 0.2) is 36.5 Å². The number of allylic oxidation sites excluding steroid dienone is 6. The lowest BCUT2D eigenvalue weighted by Gasteiger charge is -2.48. The van der Waals surface area contributed by atoms with E-state index in [2.05, 4.69) is 55.6 Å². The molecule has 0 aromatic carbocycles. The molecule has 3 saturated heterocycles. The van der Waals surface area contributed by atoms with Crippen LogP contribution >= 0.6 is 0 Å². The first-order valence-corrected chi connectivity index (χ1v) is 48.2. The van der Waals surface area contributed by atoms with E-state index in [0.29, 0.717) is 12.8 Å². The average Bonchev–Trinajstić information content (AvgIpc) is 0.783. The van der Waals surface area contributed by atoms with Crippen molar-refractivity contribution in [3.8, 4) is 0 Å². The topological polar surface area (TPSA) is 307 Å². The highest BCUT2D eigenvalue weighted by molar-refractivity contribution is 5.76. The highest BCUT2D eigenvalue weighted by Gasteiger charge is 2.54. The van der Waals surface area contributed by atoms with E-state index in [1.807, 2.05) is 0 Å². The van der Waals surface area contributed by atoms with Crippen molar-refractivity contribution >= 4 is 5.91 Å². The molecule has 114 heavy (non-hydrogen) atoms. The summed E-state index contributed by atoms with van der Waals surface area (Å²) in [6.45, 7) is 1.87. The molecule has 0 aromatic heterocycles. The lowest BCUT2D eigenvalue weighted by atomic mass is 9.96. The van der Waals surface area contributed by atoms with Crippen molar-refractivity contribution < 1.29 is 89.4 Å². The molecular formula is C95H179NO18. The highest BCUT2D eigenvalue weighted by atomic mass is 16.8. The Kier molecular flexibility index (Phi) is 69.7. The fraction of sp³-hybridized carbons (Fsp3) is 0.926. The predicted octanol–water partition coefficient (Wildman–Crippen LogP) is 19.4. The van der Waals surface area contributed by atoms with E-state index in [0.717, 1.165) is 57.8 Å². The second kappa shape index (κ2) is 74.8. The predicted molar refractivity (Wildman–Crippen MR) is 462 cm³/mol. The van der Waals surface area contributed by atoms with E-state index in [1.165, 1.54) is 340 Å². The largest absolute Gasteiger partial charge is 0.394 e. The Hall–Kier alpha value is -1.99. The van der Waals surface area contributed by atoms with Crippen LogP contribution in [-0.4, -0.2) is 193 Å². The van der Waals surface area contributed by atoms with Crippen molar-refractivity contribution in [2.24, 2.45) is 0 Å². The molecule has 0 aromatic rings. The number of nitrogens with one attached hydrogen (secondary N) is 1. The Morgan fingerprint density at radius 2 is 0.579 bits per heavy atom. The lowest BCUT2D eigenvalue weighted by molar-refractivity contribution is -0.379. The summed E-state index contributed by atoms with van der Waals surface area (Å²) < 4.78 is 34.6. The van der Waals surface area contributed by atoms with Crippen molar-refractivity contribution in [2.75, 3.05) is 26.4 Å². The van der Waals surface area contributed by atoms with Gasteiger partial charge in [0.05, 0.1) is 38.6 Å². The monoisotopic (exact) mass is 1620 g/mol. The lowest BCUT2D eigenvalue weighted by Crippen LogP contribution is -2.66. The van der Waals surface area contributed by atoms with Crippen LogP contribution < -0.4 is 5.32 Å². The summed E-state index contributed by atoms with van der Waals surface area (Å²) in [6.07, 6.45) is 69.9. The van der Waals surface area contributed by atoms with Crippen LogP contribution in [0.2, 0.25) is 0 Å². The minimum atomic E-state index is -1.97. The van der Waals surface area contributed by atoms with E-state index >= 15 is 0 Å². The van der Waals surface area contributed by atoms with E-state index in [1.54, 1.807) is 0 Å². The number of carbonyl (C=O) groups is 1. The van der Waals surface area contributed by atoms with Gasteiger partial charge in [-0.3, -0.25) is 4.79 Å². The normalized spacial score (nSPS) is 24.8. The Bertz CT molecular complexity index is 2190. The summed E-state index contributed by atoms with van der Waals surface area (Å²) in [5.74, 6) is -0.233. The van der Waals surface area contributed by atoms with Gasteiger partial charge in [0.25, 0.3) is 0 Å². The van der Waals surface area contributed by atoms with Crippen molar-refractivity contribution in [1.29, 1.82) is 0 Å². The Labute approximate surface area is 695 Å². The maximum Gasteiger partial charge on any atom is 0.220 e. The van der Waals surface area contributed by atoms with Crippen LogP contribution in [0.25, 0.3) is 0 Å². The number of amides is 1. The van der Waals surface area contributed by atoms with Gasteiger partial charge in [0.2, 0.25) is 5.91 Å². The maximum absolute atomic E-state index is 13.6. The first-order chi connectivity index (χ1) is 55.8. The quantitative estimate of drug-likeness (QED) is 0.0199. The minimum Gasteiger partial charge on any atom is -0.394 e. The summed E-state index contributed by atoms with van der Waals surface area (Å²) in [6, 6.07) is -0.888. The smallest absolute Gasteiger partial charge is 0.220 e. The molecule has 0 saturated carbocycles. The standard InChI is InChI=1S/C95H179NO18/c1-3-5-7-9-11-13-15-17-19-21-23-25-27-29-31-33-35-36-37-38-39-40-41-42-43-45-47-49-51-53-55-57-59-61-63-65-67-69-71-73-83(101)96-78(79(100)72-70-68-66-64-62-60-58-56-54-52-50-48-46-44-34-32-30-28-26-24-22-20-18-16-14-12-10-8-6-4-2)77-109-93-89(107)86(104)91(81(75-98)111-93)114-95-90(108)87(105)92(82(76-99)112-95)113-94-88(106)85(103)84(102)80(74-97)110-94/h15,17,21,23,27,29,78-82,84-95,97-100,102-108H,3-14,16,18-20,22,24-26,28,30-77H2,1-2H3,(H,96,101)/b17-15-,23-21-,29-27-. The van der Waals surface area contributed by atoms with Gasteiger partial charge in [-0.2, -0.15) is 0 Å². The van der Waals surface area contributed by atoms with Gasteiger partial charge in [-0.25, -0.2) is 0 Å². The first-order valence-electron chi connectivity index (χ1n) is 48.2. The molecule has 19 nitrogen and oxygen atoms in total. The van der Waals surface area contributed by atoms with E-state index in [-0.39, 0.29) is 18.9 Å². The molecule has 1 amide bonds. The molecule has 12 N–H and O–H groups in total.